The summed E-state index contributed by atoms with van der Waals surface area (Å²) in [4.78, 5) is 39.0. The van der Waals surface area contributed by atoms with Crippen LogP contribution in [0.15, 0.2) is 29.4 Å². The second-order valence-electron chi connectivity index (χ2n) is 13.0. The van der Waals surface area contributed by atoms with E-state index in [0.717, 1.165) is 53.4 Å². The number of anilines is 2. The molecule has 1 spiro atoms. The van der Waals surface area contributed by atoms with Crippen LogP contribution < -0.4 is 10.2 Å². The number of carbonyl (C=O) groups excluding carboxylic acids is 2. The third-order valence-corrected chi connectivity index (χ3v) is 8.86. The number of aromatic nitrogens is 4. The number of nitrogens with one attached hydrogen (secondary N) is 1. The summed E-state index contributed by atoms with van der Waals surface area (Å²) in [7, 11) is 3.47. The smallest absolute Gasteiger partial charge is 0.412 e. The van der Waals surface area contributed by atoms with Crippen molar-refractivity contribution in [2.24, 2.45) is 0 Å². The number of hydrogen-bond acceptors (Lipinski definition) is 10. The van der Waals surface area contributed by atoms with Gasteiger partial charge >= 0.3 is 6.09 Å². The Balaban J connectivity index is 1.33. The lowest BCUT2D eigenvalue weighted by Crippen LogP contribution is -2.45. The number of benzene rings is 1. The maximum Gasteiger partial charge on any atom is 0.412 e. The number of carbonyl (C=O) groups is 2. The van der Waals surface area contributed by atoms with Gasteiger partial charge in [-0.2, -0.15) is 5.10 Å². The van der Waals surface area contributed by atoms with E-state index < -0.39 is 17.3 Å². The summed E-state index contributed by atoms with van der Waals surface area (Å²) >= 11 is 1.51. The van der Waals surface area contributed by atoms with Gasteiger partial charge in [0.15, 0.2) is 10.9 Å². The molecule has 0 fully saturated rings. The lowest BCUT2D eigenvalue weighted by atomic mass is 9.80. The number of ether oxygens (including phenoxy) is 3. The molecule has 1 N–H and O–H groups in total. The minimum Gasteiger partial charge on any atom is -0.444 e. The van der Waals surface area contributed by atoms with Crippen molar-refractivity contribution in [1.82, 2.24) is 24.6 Å². The van der Waals surface area contributed by atoms with Crippen molar-refractivity contribution in [2.45, 2.75) is 82.7 Å². The van der Waals surface area contributed by atoms with Gasteiger partial charge in [-0.15, -0.1) is 0 Å². The molecule has 2 amide bonds. The Kier molecular flexibility index (Phi) is 8.29. The summed E-state index contributed by atoms with van der Waals surface area (Å²) < 4.78 is 20.4. The van der Waals surface area contributed by atoms with Crippen molar-refractivity contribution in [3.8, 4) is 0 Å². The van der Waals surface area contributed by atoms with Crippen molar-refractivity contribution < 1.29 is 23.8 Å². The average molecular weight is 636 g/mol. The van der Waals surface area contributed by atoms with Gasteiger partial charge in [0.2, 0.25) is 0 Å². The van der Waals surface area contributed by atoms with Crippen LogP contribution in [-0.4, -0.2) is 75.8 Å². The molecule has 3 aliphatic heterocycles. The van der Waals surface area contributed by atoms with E-state index >= 15 is 0 Å². The Bertz CT molecular complexity index is 1630. The normalized spacial score (nSPS) is 21.0. The second-order valence-corrected chi connectivity index (χ2v) is 13.8. The van der Waals surface area contributed by atoms with Crippen LogP contribution in [-0.2, 0) is 45.9 Å². The van der Waals surface area contributed by atoms with Gasteiger partial charge in [0, 0.05) is 44.9 Å². The van der Waals surface area contributed by atoms with E-state index in [0.29, 0.717) is 42.7 Å². The molecule has 0 bridgehead atoms. The first-order valence-corrected chi connectivity index (χ1v) is 16.5. The number of aryl methyl sites for hydroxylation is 1. The lowest BCUT2D eigenvalue weighted by Gasteiger charge is -2.44. The van der Waals surface area contributed by atoms with Gasteiger partial charge in [-0.1, -0.05) is 17.8 Å². The minimum atomic E-state index is -0.777. The van der Waals surface area contributed by atoms with Crippen LogP contribution in [0, 0.1) is 0 Å². The highest BCUT2D eigenvalue weighted by Crippen LogP contribution is 2.46. The monoisotopic (exact) mass is 635 g/mol. The molecule has 5 heterocycles. The van der Waals surface area contributed by atoms with Gasteiger partial charge in [-0.25, -0.2) is 14.8 Å². The van der Waals surface area contributed by atoms with E-state index in [1.165, 1.54) is 11.8 Å². The summed E-state index contributed by atoms with van der Waals surface area (Å²) in [5, 5.41) is 8.16. The fraction of sp³-hybridized carbons (Fsp3) is 0.531. The fourth-order valence-electron chi connectivity index (χ4n) is 6.15. The maximum absolute atomic E-state index is 12.6. The lowest BCUT2D eigenvalue weighted by molar-refractivity contribution is -0.148. The molecule has 240 valence electrons. The SMILES string of the molecule is CSc1nc2c(c(N3CCCn4nc(C(=O)N(C)C)cc4C3)n1)CO[C@@]1(CO[C@@H](C)c3ccc(NC(=O)OC(C)(C)C)cc31)C2. The Morgan fingerprint density at radius 2 is 1.98 bits per heavy atom. The predicted molar refractivity (Wildman–Crippen MR) is 171 cm³/mol. The third kappa shape index (κ3) is 6.25. The van der Waals surface area contributed by atoms with E-state index in [4.69, 9.17) is 24.2 Å². The van der Waals surface area contributed by atoms with Crippen molar-refractivity contribution in [1.29, 1.82) is 0 Å². The molecule has 0 aliphatic carbocycles. The summed E-state index contributed by atoms with van der Waals surface area (Å²) in [6.45, 7) is 10.3. The summed E-state index contributed by atoms with van der Waals surface area (Å²) in [6.07, 6.45) is 2.70. The van der Waals surface area contributed by atoms with Crippen LogP contribution in [0.3, 0.4) is 0 Å². The first kappa shape index (κ1) is 31.3. The molecular weight excluding hydrogens is 594 g/mol. The standard InChI is InChI=1S/C32H41N7O5S/c1-19-22-10-9-20(33-30(41)44-31(2,3)4)13-24(22)32(18-42-19)15-26-23(17-43-32)27(35-29(34-26)45-7)38-11-8-12-39-21(16-38)14-25(36-39)28(40)37(5)6/h9-10,13-14,19H,8,11-12,15-18H2,1-7H3,(H,33,41)/t19-,32+/m0/s1. The molecule has 2 atom stereocenters. The highest BCUT2D eigenvalue weighted by Gasteiger charge is 2.45. The molecule has 3 aliphatic rings. The van der Waals surface area contributed by atoms with Crippen LogP contribution >= 0.6 is 11.8 Å². The summed E-state index contributed by atoms with van der Waals surface area (Å²) in [5.41, 5.74) is 4.54. The van der Waals surface area contributed by atoms with Crippen LogP contribution in [0.2, 0.25) is 0 Å². The number of amides is 2. The molecule has 2 aromatic heterocycles. The van der Waals surface area contributed by atoms with Crippen LogP contribution in [0.4, 0.5) is 16.3 Å². The maximum atomic E-state index is 12.6. The summed E-state index contributed by atoms with van der Waals surface area (Å²) in [6, 6.07) is 7.71. The zero-order valence-electron chi connectivity index (χ0n) is 27.0. The Morgan fingerprint density at radius 3 is 2.71 bits per heavy atom. The largest absolute Gasteiger partial charge is 0.444 e. The van der Waals surface area contributed by atoms with Gasteiger partial charge in [-0.05, 0) is 69.7 Å². The van der Waals surface area contributed by atoms with E-state index in [2.05, 4.69) is 15.3 Å². The zero-order chi connectivity index (χ0) is 32.1. The van der Waals surface area contributed by atoms with E-state index in [9.17, 15) is 9.59 Å². The molecule has 13 heteroatoms. The van der Waals surface area contributed by atoms with Crippen LogP contribution in [0.5, 0.6) is 0 Å². The van der Waals surface area contributed by atoms with Crippen LogP contribution in [0.1, 0.15) is 78.8 Å². The number of thioether (sulfide) groups is 1. The van der Waals surface area contributed by atoms with Gasteiger partial charge < -0.3 is 24.0 Å². The molecule has 6 rings (SSSR count). The highest BCUT2D eigenvalue weighted by atomic mass is 32.2. The predicted octanol–water partition coefficient (Wildman–Crippen LogP) is 4.91. The average Bonchev–Trinajstić information content (AvgIpc) is 3.28. The number of rotatable bonds is 4. The van der Waals surface area contributed by atoms with E-state index in [1.54, 1.807) is 19.0 Å². The number of hydrogen-bond donors (Lipinski definition) is 1. The topological polar surface area (TPSA) is 124 Å². The minimum absolute atomic E-state index is 0.112. The van der Waals surface area contributed by atoms with Gasteiger partial charge in [0.05, 0.1) is 37.3 Å². The fourth-order valence-corrected chi connectivity index (χ4v) is 6.53. The highest BCUT2D eigenvalue weighted by molar-refractivity contribution is 7.98. The molecule has 1 aromatic carbocycles. The number of nitrogens with zero attached hydrogens (tertiary/aromatic N) is 6. The molecule has 0 saturated carbocycles. The first-order chi connectivity index (χ1) is 21.4. The zero-order valence-corrected chi connectivity index (χ0v) is 27.8. The molecule has 45 heavy (non-hydrogen) atoms. The van der Waals surface area contributed by atoms with Crippen molar-refractivity contribution >= 4 is 35.3 Å². The molecule has 0 radical (unpaired) electrons. The van der Waals surface area contributed by atoms with Gasteiger partial charge in [-0.3, -0.25) is 14.8 Å². The Labute approximate surface area is 267 Å². The van der Waals surface area contributed by atoms with Crippen LogP contribution in [0.25, 0.3) is 0 Å². The summed E-state index contributed by atoms with van der Waals surface area (Å²) in [5.74, 6) is 0.735. The van der Waals surface area contributed by atoms with E-state index in [1.807, 2.05) is 62.9 Å². The quantitative estimate of drug-likeness (QED) is 0.312. The molecule has 0 saturated heterocycles. The Hall–Kier alpha value is -3.68. The first-order valence-electron chi connectivity index (χ1n) is 15.2. The third-order valence-electron chi connectivity index (χ3n) is 8.31. The molecule has 0 unspecified atom stereocenters. The molecule has 3 aromatic rings. The van der Waals surface area contributed by atoms with Crippen molar-refractivity contribution in [3.05, 3.63) is 58.0 Å². The molecular formula is C32H41N7O5S. The number of fused-ring (bicyclic) bond motifs is 4. The van der Waals surface area contributed by atoms with E-state index in [-0.39, 0.29) is 12.0 Å². The van der Waals surface area contributed by atoms with Gasteiger partial charge in [0.25, 0.3) is 5.91 Å². The van der Waals surface area contributed by atoms with Crippen molar-refractivity contribution in [3.63, 3.8) is 0 Å². The Morgan fingerprint density at radius 1 is 1.18 bits per heavy atom. The van der Waals surface area contributed by atoms with Gasteiger partial charge in [0.1, 0.15) is 17.0 Å². The van der Waals surface area contributed by atoms with Crippen molar-refractivity contribution in [2.75, 3.05) is 43.7 Å². The molecule has 12 nitrogen and oxygen atoms in total. The second kappa shape index (κ2) is 11.9.